The minimum atomic E-state index is -3.06. The highest BCUT2D eigenvalue weighted by molar-refractivity contribution is 6.07. The van der Waals surface area contributed by atoms with Gasteiger partial charge in [0.25, 0.3) is 17.7 Å². The zero-order valence-corrected chi connectivity index (χ0v) is 18.9. The van der Waals surface area contributed by atoms with Gasteiger partial charge in [-0.2, -0.15) is 0 Å². The summed E-state index contributed by atoms with van der Waals surface area (Å²) in [6.45, 7) is 5.51. The molecular formula is C27H26F2N2O2. The van der Waals surface area contributed by atoms with Crippen LogP contribution in [0.4, 0.5) is 14.5 Å². The Morgan fingerprint density at radius 2 is 1.67 bits per heavy atom. The van der Waals surface area contributed by atoms with Gasteiger partial charge in [-0.1, -0.05) is 41.5 Å². The topological polar surface area (TPSA) is 49.4 Å². The third kappa shape index (κ3) is 4.65. The molecule has 6 heteroatoms. The van der Waals surface area contributed by atoms with E-state index in [2.05, 4.69) is 5.32 Å². The monoisotopic (exact) mass is 448 g/mol. The Morgan fingerprint density at radius 3 is 2.36 bits per heavy atom. The lowest BCUT2D eigenvalue weighted by atomic mass is 9.93. The number of amides is 2. The highest BCUT2D eigenvalue weighted by Crippen LogP contribution is 2.43. The highest BCUT2D eigenvalue weighted by atomic mass is 19.3. The number of halogens is 2. The third-order valence-corrected chi connectivity index (χ3v) is 6.03. The van der Waals surface area contributed by atoms with Crippen molar-refractivity contribution in [2.45, 2.75) is 39.2 Å². The molecule has 0 aromatic heterocycles. The van der Waals surface area contributed by atoms with Gasteiger partial charge in [-0.3, -0.25) is 9.59 Å². The molecule has 1 unspecified atom stereocenters. The quantitative estimate of drug-likeness (QED) is 0.537. The Bertz CT molecular complexity index is 1200. The number of nitrogens with zero attached hydrogens (tertiary/aromatic N) is 1. The average Bonchev–Trinajstić information content (AvgIpc) is 2.79. The summed E-state index contributed by atoms with van der Waals surface area (Å²) in [4.78, 5) is 27.1. The molecule has 0 bridgehead atoms. The van der Waals surface area contributed by atoms with Crippen molar-refractivity contribution in [1.82, 2.24) is 5.32 Å². The molecule has 0 aliphatic carbocycles. The Balaban J connectivity index is 1.61. The van der Waals surface area contributed by atoms with Crippen molar-refractivity contribution >= 4 is 17.5 Å². The molecule has 0 fully saturated rings. The fraction of sp³-hybridized carbons (Fsp3) is 0.259. The Kier molecular flexibility index (Phi) is 6.02. The summed E-state index contributed by atoms with van der Waals surface area (Å²) in [5.41, 5.74) is 3.51. The standard InChI is InChI=1S/C27H26F2N2O2/c1-17-7-9-20(10-8-17)25(32)30-19(3)21-11-12-24-23(16-21)27(28,29)13-14-31(24)26(33)22-6-4-5-18(2)15-22/h4-12,15-16,19H,13-14H2,1-3H3,(H,30,32). The summed E-state index contributed by atoms with van der Waals surface area (Å²) in [6.07, 6.45) is -0.453. The smallest absolute Gasteiger partial charge is 0.276 e. The largest absolute Gasteiger partial charge is 0.346 e. The molecule has 0 saturated carbocycles. The molecule has 3 aromatic carbocycles. The number of hydrogen-bond acceptors (Lipinski definition) is 2. The second-order valence-corrected chi connectivity index (χ2v) is 8.62. The van der Waals surface area contributed by atoms with Crippen molar-refractivity contribution < 1.29 is 18.4 Å². The third-order valence-electron chi connectivity index (χ3n) is 6.03. The van der Waals surface area contributed by atoms with Gasteiger partial charge >= 0.3 is 0 Å². The first kappa shape index (κ1) is 22.6. The van der Waals surface area contributed by atoms with Crippen LogP contribution in [-0.4, -0.2) is 18.4 Å². The maximum absolute atomic E-state index is 14.9. The van der Waals surface area contributed by atoms with Crippen molar-refractivity contribution in [1.29, 1.82) is 0 Å². The summed E-state index contributed by atoms with van der Waals surface area (Å²) in [5, 5.41) is 2.87. The highest BCUT2D eigenvalue weighted by Gasteiger charge is 2.41. The van der Waals surface area contributed by atoms with Gasteiger partial charge in [0.15, 0.2) is 0 Å². The lowest BCUT2D eigenvalue weighted by Gasteiger charge is -2.35. The fourth-order valence-corrected chi connectivity index (χ4v) is 4.07. The second kappa shape index (κ2) is 8.77. The first-order valence-electron chi connectivity index (χ1n) is 10.9. The average molecular weight is 449 g/mol. The van der Waals surface area contributed by atoms with Crippen LogP contribution in [0, 0.1) is 13.8 Å². The maximum Gasteiger partial charge on any atom is 0.276 e. The van der Waals surface area contributed by atoms with Gasteiger partial charge in [0.05, 0.1) is 11.7 Å². The van der Waals surface area contributed by atoms with E-state index < -0.39 is 18.4 Å². The number of anilines is 1. The van der Waals surface area contributed by atoms with Crippen LogP contribution in [0.2, 0.25) is 0 Å². The molecule has 170 valence electrons. The van der Waals surface area contributed by atoms with Crippen LogP contribution in [0.3, 0.4) is 0 Å². The van der Waals surface area contributed by atoms with Crippen molar-refractivity contribution in [2.75, 3.05) is 11.4 Å². The van der Waals surface area contributed by atoms with E-state index in [-0.39, 0.29) is 29.6 Å². The minimum Gasteiger partial charge on any atom is -0.346 e. The molecule has 0 radical (unpaired) electrons. The molecule has 1 N–H and O–H groups in total. The number of rotatable bonds is 4. The number of nitrogens with one attached hydrogen (secondary N) is 1. The number of carbonyl (C=O) groups excluding carboxylic acids is 2. The first-order valence-corrected chi connectivity index (χ1v) is 10.9. The molecule has 0 spiro atoms. The van der Waals surface area contributed by atoms with Gasteiger partial charge in [-0.05, 0) is 62.7 Å². The summed E-state index contributed by atoms with van der Waals surface area (Å²) in [7, 11) is 0. The molecule has 1 heterocycles. The summed E-state index contributed by atoms with van der Waals surface area (Å²) >= 11 is 0. The van der Waals surface area contributed by atoms with Crippen molar-refractivity contribution in [3.8, 4) is 0 Å². The lowest BCUT2D eigenvalue weighted by molar-refractivity contribution is -0.0148. The Hall–Kier alpha value is -3.54. The number of benzene rings is 3. The summed E-state index contributed by atoms with van der Waals surface area (Å²) in [5.74, 6) is -3.64. The molecule has 0 saturated heterocycles. The van der Waals surface area contributed by atoms with Crippen LogP contribution in [-0.2, 0) is 5.92 Å². The first-order chi connectivity index (χ1) is 15.7. The number of fused-ring (bicyclic) bond motifs is 1. The van der Waals surface area contributed by atoms with Gasteiger partial charge in [0.1, 0.15) is 0 Å². The van der Waals surface area contributed by atoms with Crippen molar-refractivity contribution in [3.05, 3.63) is 100 Å². The maximum atomic E-state index is 14.9. The molecule has 4 nitrogen and oxygen atoms in total. The molecule has 1 atom stereocenters. The Morgan fingerprint density at radius 1 is 0.939 bits per heavy atom. The molecular weight excluding hydrogens is 422 g/mol. The number of carbonyl (C=O) groups is 2. The zero-order valence-electron chi connectivity index (χ0n) is 18.9. The van der Waals surface area contributed by atoms with E-state index in [9.17, 15) is 18.4 Å². The zero-order chi connectivity index (χ0) is 23.8. The molecule has 1 aliphatic heterocycles. The van der Waals surface area contributed by atoms with Crippen LogP contribution >= 0.6 is 0 Å². The van der Waals surface area contributed by atoms with E-state index in [0.717, 1.165) is 11.1 Å². The number of hydrogen-bond donors (Lipinski definition) is 1. The minimum absolute atomic E-state index is 0.0637. The van der Waals surface area contributed by atoms with Crippen LogP contribution in [0.15, 0.2) is 66.7 Å². The van der Waals surface area contributed by atoms with Gasteiger partial charge < -0.3 is 10.2 Å². The van der Waals surface area contributed by atoms with E-state index in [0.29, 0.717) is 16.7 Å². The van der Waals surface area contributed by atoms with Crippen LogP contribution in [0.1, 0.15) is 62.4 Å². The molecule has 2 amide bonds. The van der Waals surface area contributed by atoms with Gasteiger partial charge in [0.2, 0.25) is 0 Å². The van der Waals surface area contributed by atoms with Gasteiger partial charge in [-0.15, -0.1) is 0 Å². The predicted molar refractivity (Wildman–Crippen MR) is 125 cm³/mol. The van der Waals surface area contributed by atoms with Gasteiger partial charge in [-0.25, -0.2) is 8.78 Å². The van der Waals surface area contributed by atoms with Gasteiger partial charge in [0, 0.05) is 29.7 Å². The van der Waals surface area contributed by atoms with Crippen molar-refractivity contribution in [2.24, 2.45) is 0 Å². The normalized spacial score (nSPS) is 15.5. The molecule has 3 aromatic rings. The SMILES string of the molecule is Cc1ccc(C(=O)NC(C)c2ccc3c(c2)C(F)(F)CCN3C(=O)c2cccc(C)c2)cc1. The number of alkyl halides is 2. The van der Waals surface area contributed by atoms with Crippen molar-refractivity contribution in [3.63, 3.8) is 0 Å². The molecule has 33 heavy (non-hydrogen) atoms. The number of aryl methyl sites for hydroxylation is 2. The fourth-order valence-electron chi connectivity index (χ4n) is 4.07. The van der Waals surface area contributed by atoms with E-state index in [1.807, 2.05) is 32.0 Å². The van der Waals surface area contributed by atoms with E-state index in [1.54, 1.807) is 49.4 Å². The summed E-state index contributed by atoms with van der Waals surface area (Å²) in [6, 6.07) is 18.4. The lowest BCUT2D eigenvalue weighted by Crippen LogP contribution is -2.40. The van der Waals surface area contributed by atoms with E-state index in [4.69, 9.17) is 0 Å². The molecule has 1 aliphatic rings. The summed E-state index contributed by atoms with van der Waals surface area (Å²) < 4.78 is 29.8. The second-order valence-electron chi connectivity index (χ2n) is 8.62. The Labute approximate surface area is 192 Å². The van der Waals surface area contributed by atoms with E-state index in [1.165, 1.54) is 11.0 Å². The van der Waals surface area contributed by atoms with E-state index >= 15 is 0 Å². The predicted octanol–water partition coefficient (Wildman–Crippen LogP) is 5.94. The van der Waals surface area contributed by atoms with Crippen LogP contribution in [0.5, 0.6) is 0 Å². The molecule has 4 rings (SSSR count). The van der Waals surface area contributed by atoms with Crippen LogP contribution in [0.25, 0.3) is 0 Å². The van der Waals surface area contributed by atoms with Crippen LogP contribution < -0.4 is 10.2 Å².